The highest BCUT2D eigenvalue weighted by Gasteiger charge is 2.34. The lowest BCUT2D eigenvalue weighted by molar-refractivity contribution is -0.128. The van der Waals surface area contributed by atoms with Crippen molar-refractivity contribution >= 4 is 18.3 Å². The number of hydrogen-bond donors (Lipinski definition) is 2. The third-order valence-corrected chi connectivity index (χ3v) is 5.28. The molecule has 118 valence electrons. The highest BCUT2D eigenvalue weighted by atomic mass is 35.5. The second-order valence-electron chi connectivity index (χ2n) is 7.15. The van der Waals surface area contributed by atoms with Crippen LogP contribution >= 0.6 is 12.4 Å². The number of amides is 1. The Kier molecular flexibility index (Phi) is 6.80. The maximum atomic E-state index is 12.4. The predicted molar refractivity (Wildman–Crippen MR) is 86.0 cm³/mol. The predicted octanol–water partition coefficient (Wildman–Crippen LogP) is 2.84. The summed E-state index contributed by atoms with van der Waals surface area (Å²) < 4.78 is 0. The van der Waals surface area contributed by atoms with Gasteiger partial charge in [-0.05, 0) is 49.6 Å². The summed E-state index contributed by atoms with van der Waals surface area (Å²) >= 11 is 0. The minimum atomic E-state index is 0. The molecule has 2 rings (SSSR count). The molecule has 1 saturated carbocycles. The zero-order valence-corrected chi connectivity index (χ0v) is 14.1. The van der Waals surface area contributed by atoms with Crippen molar-refractivity contribution < 1.29 is 4.79 Å². The van der Waals surface area contributed by atoms with Crippen LogP contribution in [0.15, 0.2) is 0 Å². The molecule has 0 spiro atoms. The summed E-state index contributed by atoms with van der Waals surface area (Å²) in [5, 5.41) is 6.62. The molecule has 1 aliphatic heterocycles. The van der Waals surface area contributed by atoms with E-state index in [1.807, 2.05) is 0 Å². The second kappa shape index (κ2) is 7.65. The number of hydrogen-bond acceptors (Lipinski definition) is 2. The summed E-state index contributed by atoms with van der Waals surface area (Å²) in [6.07, 6.45) is 3.74. The van der Waals surface area contributed by atoms with E-state index in [1.54, 1.807) is 0 Å². The zero-order valence-electron chi connectivity index (χ0n) is 13.3. The molecule has 0 radical (unpaired) electrons. The Morgan fingerprint density at radius 1 is 1.20 bits per heavy atom. The first-order chi connectivity index (χ1) is 8.99. The van der Waals surface area contributed by atoms with Gasteiger partial charge in [0, 0.05) is 12.0 Å². The van der Waals surface area contributed by atoms with Crippen LogP contribution < -0.4 is 10.6 Å². The molecule has 2 N–H and O–H groups in total. The van der Waals surface area contributed by atoms with E-state index >= 15 is 0 Å². The minimum Gasteiger partial charge on any atom is -0.353 e. The molecule has 3 nitrogen and oxygen atoms in total. The van der Waals surface area contributed by atoms with Crippen molar-refractivity contribution in [1.29, 1.82) is 0 Å². The quantitative estimate of drug-likeness (QED) is 0.838. The maximum Gasteiger partial charge on any atom is 0.223 e. The first-order valence-corrected chi connectivity index (χ1v) is 8.00. The number of rotatable bonds is 4. The van der Waals surface area contributed by atoms with Gasteiger partial charge < -0.3 is 10.6 Å². The van der Waals surface area contributed by atoms with Crippen LogP contribution in [0.5, 0.6) is 0 Å². The SMILES string of the molecule is CC1CCC(C(C)C)C(NC(=O)C(C)C2CNC2)C1.Cl. The van der Waals surface area contributed by atoms with E-state index in [-0.39, 0.29) is 24.2 Å². The fourth-order valence-electron chi connectivity index (χ4n) is 3.56. The molecular formula is C16H31ClN2O. The number of nitrogens with one attached hydrogen (secondary N) is 2. The molecule has 2 aliphatic rings. The number of carbonyl (C=O) groups excluding carboxylic acids is 1. The van der Waals surface area contributed by atoms with Gasteiger partial charge in [0.25, 0.3) is 0 Å². The third kappa shape index (κ3) is 4.11. The fourth-order valence-corrected chi connectivity index (χ4v) is 3.56. The van der Waals surface area contributed by atoms with Gasteiger partial charge in [0.1, 0.15) is 0 Å². The molecule has 4 unspecified atom stereocenters. The van der Waals surface area contributed by atoms with E-state index < -0.39 is 0 Å². The lowest BCUT2D eigenvalue weighted by atomic mass is 9.73. The van der Waals surface area contributed by atoms with Crippen LogP contribution in [0.2, 0.25) is 0 Å². The van der Waals surface area contributed by atoms with E-state index in [1.165, 1.54) is 12.8 Å². The van der Waals surface area contributed by atoms with Crippen molar-refractivity contribution in [3.63, 3.8) is 0 Å². The van der Waals surface area contributed by atoms with E-state index in [0.717, 1.165) is 25.4 Å². The summed E-state index contributed by atoms with van der Waals surface area (Å²) in [5.74, 6) is 3.05. The third-order valence-electron chi connectivity index (χ3n) is 5.28. The normalized spacial score (nSPS) is 32.1. The van der Waals surface area contributed by atoms with E-state index in [4.69, 9.17) is 0 Å². The number of halogens is 1. The maximum absolute atomic E-state index is 12.4. The topological polar surface area (TPSA) is 41.1 Å². The second-order valence-corrected chi connectivity index (χ2v) is 7.15. The van der Waals surface area contributed by atoms with Gasteiger partial charge in [-0.15, -0.1) is 12.4 Å². The fraction of sp³-hybridized carbons (Fsp3) is 0.938. The summed E-state index contributed by atoms with van der Waals surface area (Å²) in [5.41, 5.74) is 0. The Morgan fingerprint density at radius 2 is 1.85 bits per heavy atom. The largest absolute Gasteiger partial charge is 0.353 e. The summed E-state index contributed by atoms with van der Waals surface area (Å²) in [4.78, 5) is 12.4. The Morgan fingerprint density at radius 3 is 2.35 bits per heavy atom. The summed E-state index contributed by atoms with van der Waals surface area (Å²) in [6, 6.07) is 0.395. The Labute approximate surface area is 130 Å². The standard InChI is InChI=1S/C16H30N2O.ClH/c1-10(2)14-6-5-11(3)7-15(14)18-16(19)12(4)13-8-17-9-13;/h10-15,17H,5-9H2,1-4H3,(H,18,19);1H. The zero-order chi connectivity index (χ0) is 14.0. The first kappa shape index (κ1) is 17.8. The van der Waals surface area contributed by atoms with Crippen molar-refractivity contribution in [2.45, 2.75) is 53.0 Å². The molecular weight excluding hydrogens is 272 g/mol. The van der Waals surface area contributed by atoms with Gasteiger partial charge in [-0.25, -0.2) is 0 Å². The van der Waals surface area contributed by atoms with Gasteiger partial charge in [0.15, 0.2) is 0 Å². The van der Waals surface area contributed by atoms with E-state index in [2.05, 4.69) is 38.3 Å². The average molecular weight is 303 g/mol. The van der Waals surface area contributed by atoms with Crippen LogP contribution in [0.25, 0.3) is 0 Å². The molecule has 1 saturated heterocycles. The van der Waals surface area contributed by atoms with Gasteiger partial charge in [-0.3, -0.25) is 4.79 Å². The van der Waals surface area contributed by atoms with Crippen LogP contribution in [-0.4, -0.2) is 25.0 Å². The molecule has 0 aromatic heterocycles. The van der Waals surface area contributed by atoms with Gasteiger partial charge in [0.05, 0.1) is 0 Å². The molecule has 1 aliphatic carbocycles. The van der Waals surface area contributed by atoms with Crippen molar-refractivity contribution in [3.05, 3.63) is 0 Å². The molecule has 0 bridgehead atoms. The van der Waals surface area contributed by atoms with Crippen LogP contribution in [0.3, 0.4) is 0 Å². The van der Waals surface area contributed by atoms with Gasteiger partial charge in [-0.2, -0.15) is 0 Å². The minimum absolute atomic E-state index is 0. The molecule has 0 aromatic rings. The monoisotopic (exact) mass is 302 g/mol. The molecule has 4 heteroatoms. The Hall–Kier alpha value is -0.280. The summed E-state index contributed by atoms with van der Waals surface area (Å²) in [7, 11) is 0. The van der Waals surface area contributed by atoms with Gasteiger partial charge in [0.2, 0.25) is 5.91 Å². The molecule has 1 amide bonds. The smallest absolute Gasteiger partial charge is 0.223 e. The van der Waals surface area contributed by atoms with Gasteiger partial charge in [-0.1, -0.05) is 34.1 Å². The van der Waals surface area contributed by atoms with Gasteiger partial charge >= 0.3 is 0 Å². The molecule has 2 fully saturated rings. The van der Waals surface area contributed by atoms with Crippen LogP contribution in [0, 0.1) is 29.6 Å². The molecule has 1 heterocycles. The van der Waals surface area contributed by atoms with E-state index in [0.29, 0.717) is 23.8 Å². The molecule has 0 aromatic carbocycles. The number of carbonyl (C=O) groups is 1. The Balaban J connectivity index is 0.00000200. The lowest BCUT2D eigenvalue weighted by Crippen LogP contribution is -2.53. The average Bonchev–Trinajstić information content (AvgIpc) is 2.26. The Bertz CT molecular complexity index is 318. The van der Waals surface area contributed by atoms with Crippen molar-refractivity contribution in [2.24, 2.45) is 29.6 Å². The van der Waals surface area contributed by atoms with Crippen molar-refractivity contribution in [3.8, 4) is 0 Å². The highest BCUT2D eigenvalue weighted by molar-refractivity contribution is 5.85. The van der Waals surface area contributed by atoms with Crippen molar-refractivity contribution in [1.82, 2.24) is 10.6 Å². The van der Waals surface area contributed by atoms with Crippen LogP contribution in [0.4, 0.5) is 0 Å². The molecule has 20 heavy (non-hydrogen) atoms. The van der Waals surface area contributed by atoms with Crippen molar-refractivity contribution in [2.75, 3.05) is 13.1 Å². The first-order valence-electron chi connectivity index (χ1n) is 8.00. The van der Waals surface area contributed by atoms with Crippen LogP contribution in [-0.2, 0) is 4.79 Å². The lowest BCUT2D eigenvalue weighted by Gasteiger charge is -2.39. The highest BCUT2D eigenvalue weighted by Crippen LogP contribution is 2.33. The molecule has 4 atom stereocenters. The van der Waals surface area contributed by atoms with Crippen LogP contribution in [0.1, 0.15) is 47.0 Å². The van der Waals surface area contributed by atoms with E-state index in [9.17, 15) is 4.79 Å². The summed E-state index contributed by atoms with van der Waals surface area (Å²) in [6.45, 7) is 11.0.